The van der Waals surface area contributed by atoms with E-state index in [1.807, 2.05) is 12.3 Å². The van der Waals surface area contributed by atoms with Crippen LogP contribution >= 0.6 is 0 Å². The van der Waals surface area contributed by atoms with E-state index < -0.39 is 0 Å². The lowest BCUT2D eigenvalue weighted by molar-refractivity contribution is 0.817. The lowest BCUT2D eigenvalue weighted by Crippen LogP contribution is -2.23. The number of rotatable bonds is 2. The first-order valence-corrected chi connectivity index (χ1v) is 5.51. The van der Waals surface area contributed by atoms with Crippen molar-refractivity contribution in [1.82, 2.24) is 4.98 Å². The van der Waals surface area contributed by atoms with E-state index in [4.69, 9.17) is 11.6 Å². The van der Waals surface area contributed by atoms with E-state index in [0.717, 1.165) is 36.2 Å². The van der Waals surface area contributed by atoms with Crippen molar-refractivity contribution in [3.8, 4) is 0 Å². The van der Waals surface area contributed by atoms with Crippen LogP contribution in [0, 0.1) is 11.8 Å². The van der Waals surface area contributed by atoms with Gasteiger partial charge < -0.3 is 16.5 Å². The second-order valence-electron chi connectivity index (χ2n) is 4.61. The van der Waals surface area contributed by atoms with E-state index in [9.17, 15) is 0 Å². The molecule has 0 spiro atoms. The Morgan fingerprint density at radius 3 is 2.81 bits per heavy atom. The fourth-order valence-corrected chi connectivity index (χ4v) is 2.42. The van der Waals surface area contributed by atoms with Gasteiger partial charge in [0.15, 0.2) is 5.84 Å². The van der Waals surface area contributed by atoms with Gasteiger partial charge in [0.25, 0.3) is 0 Å². The molecule has 3 rings (SSSR count). The molecule has 4 N–H and O–H groups in total. The number of hydrogen-bond donors (Lipinski definition) is 2. The molecule has 2 atom stereocenters. The minimum absolute atomic E-state index is 0.332. The highest BCUT2D eigenvalue weighted by atomic mass is 15.2. The minimum Gasteiger partial charge on any atom is -0.382 e. The standard InChI is InChI=1S/C11H15N5/c12-11(15-13)7-2-10(4-14-3-7)16-5-8-1-9(8)6-16/h2-4,8-9H,1,5-6,13H2,(H2,12,15). The monoisotopic (exact) mass is 217 g/mol. The van der Waals surface area contributed by atoms with Crippen molar-refractivity contribution in [3.05, 3.63) is 24.0 Å². The van der Waals surface area contributed by atoms with Crippen LogP contribution in [-0.2, 0) is 0 Å². The smallest absolute Gasteiger partial charge is 0.151 e. The molecule has 2 aliphatic rings. The van der Waals surface area contributed by atoms with Gasteiger partial charge in [-0.1, -0.05) is 0 Å². The average Bonchev–Trinajstić information content (AvgIpc) is 2.95. The molecule has 2 unspecified atom stereocenters. The first-order chi connectivity index (χ1) is 7.78. The molecule has 2 fully saturated rings. The molecular weight excluding hydrogens is 202 g/mol. The lowest BCUT2D eigenvalue weighted by atomic mass is 10.2. The van der Waals surface area contributed by atoms with Crippen molar-refractivity contribution in [1.29, 1.82) is 0 Å². The molecule has 0 amide bonds. The summed E-state index contributed by atoms with van der Waals surface area (Å²) in [5.41, 5.74) is 7.58. The molecule has 1 saturated carbocycles. The largest absolute Gasteiger partial charge is 0.382 e. The van der Waals surface area contributed by atoms with Crippen LogP contribution in [0.5, 0.6) is 0 Å². The quantitative estimate of drug-likeness (QED) is 0.319. The Morgan fingerprint density at radius 1 is 1.38 bits per heavy atom. The first-order valence-electron chi connectivity index (χ1n) is 5.51. The van der Waals surface area contributed by atoms with Crippen LogP contribution in [0.15, 0.2) is 23.6 Å². The summed E-state index contributed by atoms with van der Waals surface area (Å²) in [6.45, 7) is 2.30. The van der Waals surface area contributed by atoms with Gasteiger partial charge in [0.05, 0.1) is 11.9 Å². The maximum absolute atomic E-state index is 5.66. The Kier molecular flexibility index (Phi) is 1.99. The number of piperidine rings is 1. The third-order valence-corrected chi connectivity index (χ3v) is 3.50. The van der Waals surface area contributed by atoms with Crippen molar-refractivity contribution in [3.63, 3.8) is 0 Å². The average molecular weight is 217 g/mol. The van der Waals surface area contributed by atoms with E-state index >= 15 is 0 Å². The van der Waals surface area contributed by atoms with Crippen LogP contribution in [0.4, 0.5) is 5.69 Å². The van der Waals surface area contributed by atoms with Crippen LogP contribution < -0.4 is 16.5 Å². The number of amidine groups is 1. The van der Waals surface area contributed by atoms with Crippen LogP contribution in [0.1, 0.15) is 12.0 Å². The highest BCUT2D eigenvalue weighted by Gasteiger charge is 2.45. The molecule has 1 saturated heterocycles. The van der Waals surface area contributed by atoms with Gasteiger partial charge >= 0.3 is 0 Å². The normalized spacial score (nSPS) is 28.0. The van der Waals surface area contributed by atoms with Crippen molar-refractivity contribution in [2.45, 2.75) is 6.42 Å². The van der Waals surface area contributed by atoms with Crippen LogP contribution in [-0.4, -0.2) is 23.9 Å². The molecule has 5 heteroatoms. The number of nitrogens with zero attached hydrogens (tertiary/aromatic N) is 3. The molecule has 2 heterocycles. The van der Waals surface area contributed by atoms with E-state index in [1.54, 1.807) is 6.20 Å². The second kappa shape index (κ2) is 3.37. The molecule has 1 aliphatic carbocycles. The summed E-state index contributed by atoms with van der Waals surface area (Å²) in [5, 5.41) is 3.49. The van der Waals surface area contributed by atoms with Gasteiger partial charge in [-0.3, -0.25) is 4.98 Å². The lowest BCUT2D eigenvalue weighted by Gasteiger charge is -2.20. The number of anilines is 1. The van der Waals surface area contributed by atoms with Crippen molar-refractivity contribution < 1.29 is 0 Å². The van der Waals surface area contributed by atoms with Crippen molar-refractivity contribution >= 4 is 11.5 Å². The molecular formula is C11H15N5. The Hall–Kier alpha value is -1.78. The Labute approximate surface area is 94.1 Å². The number of hydrazone groups is 1. The van der Waals surface area contributed by atoms with Gasteiger partial charge in [0, 0.05) is 24.8 Å². The number of nitrogens with two attached hydrogens (primary N) is 2. The molecule has 1 aromatic heterocycles. The molecule has 0 radical (unpaired) electrons. The van der Waals surface area contributed by atoms with Gasteiger partial charge in [-0.15, -0.1) is 0 Å². The molecule has 16 heavy (non-hydrogen) atoms. The van der Waals surface area contributed by atoms with Gasteiger partial charge in [-0.2, -0.15) is 5.10 Å². The minimum atomic E-state index is 0.332. The van der Waals surface area contributed by atoms with Crippen molar-refractivity contribution in [2.75, 3.05) is 18.0 Å². The number of aromatic nitrogens is 1. The summed E-state index contributed by atoms with van der Waals surface area (Å²) < 4.78 is 0. The second-order valence-corrected chi connectivity index (χ2v) is 4.61. The molecule has 84 valence electrons. The summed E-state index contributed by atoms with van der Waals surface area (Å²) >= 11 is 0. The van der Waals surface area contributed by atoms with Gasteiger partial charge in [-0.05, 0) is 24.3 Å². The fraction of sp³-hybridized carbons (Fsp3) is 0.455. The summed E-state index contributed by atoms with van der Waals surface area (Å²) in [6.07, 6.45) is 4.96. The van der Waals surface area contributed by atoms with E-state index in [0.29, 0.717) is 5.84 Å². The zero-order chi connectivity index (χ0) is 11.1. The summed E-state index contributed by atoms with van der Waals surface area (Å²) in [5.74, 6) is 7.30. The third-order valence-electron chi connectivity index (χ3n) is 3.50. The first kappa shape index (κ1) is 9.45. The number of pyridine rings is 1. The molecule has 0 aromatic carbocycles. The van der Waals surface area contributed by atoms with Gasteiger partial charge in [-0.25, -0.2) is 0 Å². The molecule has 1 aliphatic heterocycles. The third kappa shape index (κ3) is 1.48. The van der Waals surface area contributed by atoms with E-state index in [1.165, 1.54) is 6.42 Å². The van der Waals surface area contributed by atoms with Crippen molar-refractivity contribution in [2.24, 2.45) is 28.5 Å². The number of hydrogen-bond acceptors (Lipinski definition) is 4. The zero-order valence-electron chi connectivity index (χ0n) is 9.00. The van der Waals surface area contributed by atoms with Crippen LogP contribution in [0.25, 0.3) is 0 Å². The maximum Gasteiger partial charge on any atom is 0.151 e. The van der Waals surface area contributed by atoms with E-state index in [-0.39, 0.29) is 0 Å². The van der Waals surface area contributed by atoms with E-state index in [2.05, 4.69) is 15.0 Å². The zero-order valence-corrected chi connectivity index (χ0v) is 9.00. The predicted octanol–water partition coefficient (Wildman–Crippen LogP) is 0.117. The van der Waals surface area contributed by atoms with Gasteiger partial charge in [0.1, 0.15) is 0 Å². The Morgan fingerprint density at radius 2 is 2.12 bits per heavy atom. The van der Waals surface area contributed by atoms with Crippen LogP contribution in [0.2, 0.25) is 0 Å². The Bertz CT molecular complexity index is 432. The van der Waals surface area contributed by atoms with Crippen LogP contribution in [0.3, 0.4) is 0 Å². The molecule has 1 aromatic rings. The number of fused-ring (bicyclic) bond motifs is 1. The summed E-state index contributed by atoms with van der Waals surface area (Å²) in [4.78, 5) is 6.54. The summed E-state index contributed by atoms with van der Waals surface area (Å²) in [7, 11) is 0. The highest BCUT2D eigenvalue weighted by Crippen LogP contribution is 2.46. The Balaban J connectivity index is 1.84. The van der Waals surface area contributed by atoms with Gasteiger partial charge in [0.2, 0.25) is 0 Å². The SMILES string of the molecule is N/N=C(\N)c1cncc(N2CC3CC3C2)c1. The summed E-state index contributed by atoms with van der Waals surface area (Å²) in [6, 6.07) is 2.00. The molecule has 5 nitrogen and oxygen atoms in total. The molecule has 0 bridgehead atoms. The predicted molar refractivity (Wildman–Crippen MR) is 63.0 cm³/mol. The highest BCUT2D eigenvalue weighted by molar-refractivity contribution is 5.97. The fourth-order valence-electron chi connectivity index (χ4n) is 2.42. The maximum atomic E-state index is 5.66. The topological polar surface area (TPSA) is 80.5 Å².